The zero-order chi connectivity index (χ0) is 25.2. The van der Waals surface area contributed by atoms with Crippen LogP contribution in [0.1, 0.15) is 23.1 Å². The Bertz CT molecular complexity index is 1270. The van der Waals surface area contributed by atoms with Crippen LogP contribution in [-0.4, -0.2) is 40.9 Å². The highest BCUT2D eigenvalue weighted by Crippen LogP contribution is 2.44. The van der Waals surface area contributed by atoms with Crippen LogP contribution in [0.5, 0.6) is 0 Å². The van der Waals surface area contributed by atoms with Gasteiger partial charge in [0.1, 0.15) is 18.2 Å². The largest absolute Gasteiger partial charge is 0.416 e. The average Bonchev–Trinajstić information content (AvgIpc) is 3.37. The summed E-state index contributed by atoms with van der Waals surface area (Å²) >= 11 is 0. The van der Waals surface area contributed by atoms with Crippen molar-refractivity contribution in [3.05, 3.63) is 70.3 Å². The van der Waals surface area contributed by atoms with Crippen LogP contribution in [-0.2, 0) is 17.5 Å². The summed E-state index contributed by atoms with van der Waals surface area (Å²) < 4.78 is 95.6. The number of rotatable bonds is 3. The molecule has 0 radical (unpaired) electrons. The number of anilines is 1. The molecule has 0 unspecified atom stereocenters. The number of urea groups is 1. The first-order valence-electron chi connectivity index (χ1n) is 10.5. The van der Waals surface area contributed by atoms with E-state index >= 15 is 0 Å². The predicted octanol–water partition coefficient (Wildman–Crippen LogP) is 4.92. The number of hydrogen-bond donors (Lipinski definition) is 1. The van der Waals surface area contributed by atoms with Gasteiger partial charge in [-0.15, -0.1) is 0 Å². The lowest BCUT2D eigenvalue weighted by Gasteiger charge is -2.33. The number of amides is 3. The monoisotopic (exact) mass is 499 g/mol. The fraction of sp³-hybridized carbons (Fsp3) is 0.304. The quantitative estimate of drug-likeness (QED) is 0.610. The van der Waals surface area contributed by atoms with E-state index in [1.165, 1.54) is 17.0 Å². The summed E-state index contributed by atoms with van der Waals surface area (Å²) in [5.74, 6) is -5.94. The Morgan fingerprint density at radius 2 is 1.74 bits per heavy atom. The van der Waals surface area contributed by atoms with Gasteiger partial charge in [-0.05, 0) is 42.2 Å². The highest BCUT2D eigenvalue weighted by Gasteiger charge is 2.44. The smallest absolute Gasteiger partial charge is 0.333 e. The van der Waals surface area contributed by atoms with Gasteiger partial charge in [0.25, 0.3) is 0 Å². The van der Waals surface area contributed by atoms with Crippen molar-refractivity contribution >= 4 is 23.2 Å². The SMILES string of the molecule is O=C1Nc2ccc(F)c(F)c2CN1CC(=O)N1C[C@H]2C=C(c3c(F)cc(C(F)(F)F)cc3F)[C@@H]1C2. The average molecular weight is 499 g/mol. The van der Waals surface area contributed by atoms with E-state index in [4.69, 9.17) is 0 Å². The number of halogens is 7. The molecule has 1 aliphatic carbocycles. The predicted molar refractivity (Wildman–Crippen MR) is 109 cm³/mol. The lowest BCUT2D eigenvalue weighted by Crippen LogP contribution is -2.48. The molecular formula is C23H16F7N3O2. The molecule has 2 atom stereocenters. The minimum atomic E-state index is -4.93. The maximum atomic E-state index is 14.6. The zero-order valence-corrected chi connectivity index (χ0v) is 17.7. The van der Waals surface area contributed by atoms with E-state index in [1.54, 1.807) is 0 Å². The topological polar surface area (TPSA) is 52.7 Å². The van der Waals surface area contributed by atoms with E-state index in [9.17, 15) is 40.3 Å². The Hall–Kier alpha value is -3.57. The van der Waals surface area contributed by atoms with E-state index in [0.717, 1.165) is 11.0 Å². The molecule has 5 rings (SSSR count). The number of likely N-dealkylation sites (tertiary alicyclic amines) is 1. The molecular weight excluding hydrogens is 483 g/mol. The number of nitrogens with one attached hydrogen (secondary N) is 1. The van der Waals surface area contributed by atoms with Crippen molar-refractivity contribution in [2.45, 2.75) is 25.2 Å². The first-order valence-corrected chi connectivity index (χ1v) is 10.5. The maximum absolute atomic E-state index is 14.6. The summed E-state index contributed by atoms with van der Waals surface area (Å²) in [6, 6.07) is 0.971. The molecule has 0 aromatic heterocycles. The van der Waals surface area contributed by atoms with Crippen molar-refractivity contribution in [2.24, 2.45) is 5.92 Å². The number of alkyl halides is 3. The van der Waals surface area contributed by atoms with Gasteiger partial charge in [0.15, 0.2) is 11.6 Å². The van der Waals surface area contributed by atoms with Crippen LogP contribution in [0.25, 0.3) is 5.57 Å². The first kappa shape index (κ1) is 23.2. The first-order chi connectivity index (χ1) is 16.4. The van der Waals surface area contributed by atoms with Crippen molar-refractivity contribution < 1.29 is 40.3 Å². The van der Waals surface area contributed by atoms with Crippen LogP contribution in [0.3, 0.4) is 0 Å². The molecule has 0 spiro atoms. The van der Waals surface area contributed by atoms with E-state index in [0.29, 0.717) is 6.42 Å². The second-order valence-electron chi connectivity index (χ2n) is 8.67. The van der Waals surface area contributed by atoms with Gasteiger partial charge >= 0.3 is 12.2 Å². The molecule has 2 bridgehead atoms. The van der Waals surface area contributed by atoms with Crippen molar-refractivity contribution in [1.82, 2.24) is 9.80 Å². The number of hydrogen-bond acceptors (Lipinski definition) is 2. The number of carbonyl (C=O) groups excluding carboxylic acids is 2. The summed E-state index contributed by atoms with van der Waals surface area (Å²) in [5, 5.41) is 2.38. The normalized spacial score (nSPS) is 21.2. The minimum absolute atomic E-state index is 0.0554. The van der Waals surface area contributed by atoms with E-state index in [1.807, 2.05) is 0 Å². The third-order valence-corrected chi connectivity index (χ3v) is 6.49. The number of benzene rings is 2. The lowest BCUT2D eigenvalue weighted by atomic mass is 9.97. The van der Waals surface area contributed by atoms with Gasteiger partial charge in [-0.25, -0.2) is 22.4 Å². The standard InChI is InChI=1S/C23H16F7N3O2/c24-14-1-2-17-13(21(14)27)8-32(22(35)31-17)9-19(34)33-7-10-3-12(18(33)4-10)20-15(25)5-11(6-16(20)26)23(28,29)30/h1-3,5-6,10,18H,4,7-9H2,(H,31,35)/t10-,18-/m0/s1. The van der Waals surface area contributed by atoms with Gasteiger partial charge in [-0.2, -0.15) is 13.2 Å². The molecule has 2 aromatic carbocycles. The molecule has 12 heteroatoms. The molecule has 0 saturated carbocycles. The van der Waals surface area contributed by atoms with E-state index in [-0.39, 0.29) is 48.0 Å². The lowest BCUT2D eigenvalue weighted by molar-refractivity contribution is -0.138. The van der Waals surface area contributed by atoms with Gasteiger partial charge in [-0.1, -0.05) is 6.08 Å². The molecule has 5 nitrogen and oxygen atoms in total. The van der Waals surface area contributed by atoms with Crippen LogP contribution in [0.15, 0.2) is 30.3 Å². The molecule has 35 heavy (non-hydrogen) atoms. The fourth-order valence-corrected chi connectivity index (χ4v) is 4.89. The second kappa shape index (κ2) is 7.99. The van der Waals surface area contributed by atoms with Gasteiger partial charge in [0.05, 0.1) is 29.4 Å². The van der Waals surface area contributed by atoms with Crippen LogP contribution < -0.4 is 5.32 Å². The van der Waals surface area contributed by atoms with Gasteiger partial charge in [0, 0.05) is 12.1 Å². The third kappa shape index (κ3) is 3.90. The van der Waals surface area contributed by atoms with Gasteiger partial charge in [-0.3, -0.25) is 4.79 Å². The molecule has 2 aromatic rings. The number of nitrogens with zero attached hydrogens (tertiary/aromatic N) is 2. The van der Waals surface area contributed by atoms with E-state index in [2.05, 4.69) is 5.32 Å². The van der Waals surface area contributed by atoms with E-state index < -0.39 is 65.1 Å². The molecule has 1 saturated heterocycles. The van der Waals surface area contributed by atoms with Gasteiger partial charge in [0.2, 0.25) is 5.91 Å². The van der Waals surface area contributed by atoms with Crippen LogP contribution >= 0.6 is 0 Å². The highest BCUT2D eigenvalue weighted by molar-refractivity contribution is 5.95. The highest BCUT2D eigenvalue weighted by atomic mass is 19.4. The molecule has 3 aliphatic rings. The van der Waals surface area contributed by atoms with Crippen LogP contribution in [0, 0.1) is 29.2 Å². The number of fused-ring (bicyclic) bond motifs is 3. The summed E-state index contributed by atoms with van der Waals surface area (Å²) in [4.78, 5) is 27.7. The summed E-state index contributed by atoms with van der Waals surface area (Å²) in [6.07, 6.45) is -3.08. The maximum Gasteiger partial charge on any atom is 0.416 e. The Morgan fingerprint density at radius 3 is 2.37 bits per heavy atom. The second-order valence-corrected chi connectivity index (χ2v) is 8.67. The van der Waals surface area contributed by atoms with Crippen molar-refractivity contribution in [3.63, 3.8) is 0 Å². The molecule has 1 N–H and O–H groups in total. The van der Waals surface area contributed by atoms with Crippen molar-refractivity contribution in [3.8, 4) is 0 Å². The summed E-state index contributed by atoms with van der Waals surface area (Å²) in [5.41, 5.74) is -2.09. The third-order valence-electron chi connectivity index (χ3n) is 6.49. The number of carbonyl (C=O) groups is 2. The minimum Gasteiger partial charge on any atom is -0.333 e. The Kier molecular flexibility index (Phi) is 5.29. The van der Waals surface area contributed by atoms with Gasteiger partial charge < -0.3 is 15.1 Å². The Morgan fingerprint density at radius 1 is 1.06 bits per heavy atom. The molecule has 2 aliphatic heterocycles. The van der Waals surface area contributed by atoms with Crippen LogP contribution in [0.2, 0.25) is 0 Å². The molecule has 1 fully saturated rings. The van der Waals surface area contributed by atoms with Crippen LogP contribution in [0.4, 0.5) is 41.2 Å². The summed E-state index contributed by atoms with van der Waals surface area (Å²) in [7, 11) is 0. The van der Waals surface area contributed by atoms with Crippen molar-refractivity contribution in [2.75, 3.05) is 18.4 Å². The molecule has 3 amide bonds. The summed E-state index contributed by atoms with van der Waals surface area (Å²) in [6.45, 7) is -0.703. The van der Waals surface area contributed by atoms with Crippen molar-refractivity contribution in [1.29, 1.82) is 0 Å². The zero-order valence-electron chi connectivity index (χ0n) is 17.7. The molecule has 2 heterocycles. The molecule has 184 valence electrons. The Labute approximate surface area is 193 Å². The fourth-order valence-electron chi connectivity index (χ4n) is 4.89. The Balaban J connectivity index is 1.36.